The molecule has 0 bridgehead atoms. The number of hydrogen-bond donors (Lipinski definition) is 1. The van der Waals surface area contributed by atoms with Crippen LogP contribution in [0, 0.1) is 0 Å². The minimum Gasteiger partial charge on any atom is -0.287 e. The van der Waals surface area contributed by atoms with E-state index in [1.807, 2.05) is 24.3 Å². The van der Waals surface area contributed by atoms with Crippen molar-refractivity contribution in [3.63, 3.8) is 0 Å². The van der Waals surface area contributed by atoms with Gasteiger partial charge in [-0.05, 0) is 35.7 Å². The first-order valence-corrected chi connectivity index (χ1v) is 10.1. The molecule has 0 saturated heterocycles. The van der Waals surface area contributed by atoms with Crippen molar-refractivity contribution in [2.45, 2.75) is 4.90 Å². The maximum Gasteiger partial charge on any atom is 0.261 e. The van der Waals surface area contributed by atoms with Gasteiger partial charge in [0.05, 0.1) is 10.6 Å². The Balaban J connectivity index is 1.72. The number of nitrogens with zero attached hydrogens (tertiary/aromatic N) is 1. The zero-order valence-electron chi connectivity index (χ0n) is 14.7. The molecule has 1 aromatic heterocycles. The first kappa shape index (κ1) is 17.9. The van der Waals surface area contributed by atoms with Gasteiger partial charge in [0.25, 0.3) is 10.0 Å². The maximum atomic E-state index is 13.0. The molecule has 4 aromatic rings. The lowest BCUT2D eigenvalue weighted by Crippen LogP contribution is -2.16. The molecule has 4 rings (SSSR count). The Morgan fingerprint density at radius 2 is 1.43 bits per heavy atom. The number of pyridine rings is 1. The molecule has 0 radical (unpaired) electrons. The summed E-state index contributed by atoms with van der Waals surface area (Å²) in [6.45, 7) is 0. The maximum absolute atomic E-state index is 13.0. The lowest BCUT2D eigenvalue weighted by molar-refractivity contribution is 0.103. The van der Waals surface area contributed by atoms with E-state index in [9.17, 15) is 13.2 Å². The van der Waals surface area contributed by atoms with Crippen molar-refractivity contribution in [1.82, 2.24) is 4.98 Å². The number of aromatic nitrogens is 1. The third-order valence-electron chi connectivity index (χ3n) is 4.33. The molecule has 6 heteroatoms. The molecule has 0 saturated carbocycles. The van der Waals surface area contributed by atoms with Crippen molar-refractivity contribution in [3.8, 4) is 0 Å². The number of para-hydroxylation sites is 1. The fourth-order valence-electron chi connectivity index (χ4n) is 2.92. The molecular formula is C22H16N2O3S. The molecule has 1 heterocycles. The van der Waals surface area contributed by atoms with Gasteiger partial charge in [-0.25, -0.2) is 8.42 Å². The Morgan fingerprint density at radius 1 is 0.786 bits per heavy atom. The van der Waals surface area contributed by atoms with E-state index in [1.54, 1.807) is 54.7 Å². The highest BCUT2D eigenvalue weighted by Gasteiger charge is 2.20. The Kier molecular flexibility index (Phi) is 4.63. The molecule has 28 heavy (non-hydrogen) atoms. The fourth-order valence-corrected chi connectivity index (χ4v) is 4.02. The highest BCUT2D eigenvalue weighted by atomic mass is 32.2. The Morgan fingerprint density at radius 3 is 2.21 bits per heavy atom. The quantitative estimate of drug-likeness (QED) is 0.518. The number of sulfonamides is 1. The van der Waals surface area contributed by atoms with Gasteiger partial charge in [-0.2, -0.15) is 0 Å². The molecule has 1 N–H and O–H groups in total. The molecule has 0 aliphatic heterocycles. The van der Waals surface area contributed by atoms with Gasteiger partial charge in [-0.1, -0.05) is 54.6 Å². The average molecular weight is 388 g/mol. The molecule has 0 amide bonds. The topological polar surface area (TPSA) is 76.1 Å². The van der Waals surface area contributed by atoms with E-state index in [2.05, 4.69) is 9.71 Å². The monoisotopic (exact) mass is 388 g/mol. The van der Waals surface area contributed by atoms with E-state index in [4.69, 9.17) is 0 Å². The second-order valence-corrected chi connectivity index (χ2v) is 7.89. The average Bonchev–Trinajstić information content (AvgIpc) is 2.74. The number of carbonyl (C=O) groups is 1. The highest BCUT2D eigenvalue weighted by Crippen LogP contribution is 2.23. The zero-order valence-corrected chi connectivity index (χ0v) is 15.6. The van der Waals surface area contributed by atoms with Crippen LogP contribution in [0.25, 0.3) is 10.8 Å². The standard InChI is InChI=1S/C22H16N2O3S/c25-22(21-14-16-8-4-5-9-17(16)15-23-21)19-12-6-7-13-20(19)24-28(26,27)18-10-2-1-3-11-18/h1-15,24H. The van der Waals surface area contributed by atoms with Gasteiger partial charge < -0.3 is 0 Å². The third kappa shape index (κ3) is 3.50. The summed E-state index contributed by atoms with van der Waals surface area (Å²) in [5, 5.41) is 1.82. The van der Waals surface area contributed by atoms with Gasteiger partial charge in [0.15, 0.2) is 0 Å². The van der Waals surface area contributed by atoms with Crippen LogP contribution in [0.15, 0.2) is 96.0 Å². The van der Waals surface area contributed by atoms with Gasteiger partial charge in [-0.3, -0.25) is 14.5 Å². The summed E-state index contributed by atoms with van der Waals surface area (Å²) in [6.07, 6.45) is 1.64. The summed E-state index contributed by atoms with van der Waals surface area (Å²) < 4.78 is 27.8. The summed E-state index contributed by atoms with van der Waals surface area (Å²) in [5.41, 5.74) is 0.709. The molecule has 0 spiro atoms. The molecule has 138 valence electrons. The molecule has 0 fully saturated rings. The number of fused-ring (bicyclic) bond motifs is 1. The minimum absolute atomic E-state index is 0.126. The van der Waals surface area contributed by atoms with E-state index in [0.29, 0.717) is 0 Å². The van der Waals surface area contributed by atoms with Crippen LogP contribution in [0.2, 0.25) is 0 Å². The van der Waals surface area contributed by atoms with Crippen molar-refractivity contribution in [2.24, 2.45) is 0 Å². The van der Waals surface area contributed by atoms with E-state index < -0.39 is 10.0 Å². The van der Waals surface area contributed by atoms with Crippen LogP contribution in [-0.2, 0) is 10.0 Å². The van der Waals surface area contributed by atoms with Gasteiger partial charge in [-0.15, -0.1) is 0 Å². The number of hydrogen-bond acceptors (Lipinski definition) is 4. The van der Waals surface area contributed by atoms with Crippen LogP contribution in [0.3, 0.4) is 0 Å². The molecule has 0 aliphatic carbocycles. The second kappa shape index (κ2) is 7.25. The summed E-state index contributed by atoms with van der Waals surface area (Å²) in [7, 11) is -3.81. The van der Waals surface area contributed by atoms with Crippen LogP contribution < -0.4 is 4.72 Å². The van der Waals surface area contributed by atoms with Gasteiger partial charge in [0.1, 0.15) is 5.69 Å². The summed E-state index contributed by atoms with van der Waals surface area (Å²) in [5.74, 6) is -0.350. The fraction of sp³-hybridized carbons (Fsp3) is 0. The smallest absolute Gasteiger partial charge is 0.261 e. The molecule has 3 aromatic carbocycles. The van der Waals surface area contributed by atoms with Crippen molar-refractivity contribution in [1.29, 1.82) is 0 Å². The van der Waals surface area contributed by atoms with Crippen LogP contribution in [0.1, 0.15) is 16.1 Å². The normalized spacial score (nSPS) is 11.3. The second-order valence-electron chi connectivity index (χ2n) is 6.21. The van der Waals surface area contributed by atoms with Crippen LogP contribution in [0.4, 0.5) is 5.69 Å². The first-order valence-electron chi connectivity index (χ1n) is 8.61. The van der Waals surface area contributed by atoms with Crippen molar-refractivity contribution in [3.05, 3.63) is 102 Å². The predicted octanol–water partition coefficient (Wildman–Crippen LogP) is 4.27. The molecule has 0 atom stereocenters. The van der Waals surface area contributed by atoms with Crippen molar-refractivity contribution < 1.29 is 13.2 Å². The Bertz CT molecular complexity index is 1270. The van der Waals surface area contributed by atoms with E-state index >= 15 is 0 Å². The minimum atomic E-state index is -3.81. The van der Waals surface area contributed by atoms with Crippen molar-refractivity contribution >= 4 is 32.3 Å². The van der Waals surface area contributed by atoms with Gasteiger partial charge >= 0.3 is 0 Å². The van der Waals surface area contributed by atoms with E-state index in [1.165, 1.54) is 12.1 Å². The van der Waals surface area contributed by atoms with E-state index in [0.717, 1.165) is 10.8 Å². The molecule has 0 aliphatic rings. The molecule has 0 unspecified atom stereocenters. The van der Waals surface area contributed by atoms with Gasteiger partial charge in [0, 0.05) is 17.1 Å². The zero-order chi connectivity index (χ0) is 19.6. The number of rotatable bonds is 5. The lowest BCUT2D eigenvalue weighted by atomic mass is 10.0. The van der Waals surface area contributed by atoms with Crippen LogP contribution in [0.5, 0.6) is 0 Å². The summed E-state index contributed by atoms with van der Waals surface area (Å²) in [4.78, 5) is 17.4. The van der Waals surface area contributed by atoms with Crippen molar-refractivity contribution in [2.75, 3.05) is 4.72 Å². The summed E-state index contributed by atoms with van der Waals surface area (Å²) in [6, 6.07) is 23.8. The largest absolute Gasteiger partial charge is 0.287 e. The third-order valence-corrected chi connectivity index (χ3v) is 5.71. The summed E-state index contributed by atoms with van der Waals surface area (Å²) >= 11 is 0. The number of nitrogens with one attached hydrogen (secondary N) is 1. The number of anilines is 1. The number of ketones is 1. The SMILES string of the molecule is O=C(c1cc2ccccc2cn1)c1ccccc1NS(=O)(=O)c1ccccc1. The van der Waals surface area contributed by atoms with Gasteiger partial charge in [0.2, 0.25) is 5.78 Å². The highest BCUT2D eigenvalue weighted by molar-refractivity contribution is 7.92. The predicted molar refractivity (Wildman–Crippen MR) is 109 cm³/mol. The van der Waals surface area contributed by atoms with Crippen LogP contribution >= 0.6 is 0 Å². The van der Waals surface area contributed by atoms with Crippen LogP contribution in [-0.4, -0.2) is 19.2 Å². The number of benzene rings is 3. The number of carbonyl (C=O) groups excluding carboxylic acids is 1. The van der Waals surface area contributed by atoms with E-state index in [-0.39, 0.29) is 27.6 Å². The molecular weight excluding hydrogens is 372 g/mol. The molecule has 5 nitrogen and oxygen atoms in total. The Hall–Kier alpha value is -3.51. The first-order chi connectivity index (χ1) is 13.5. The lowest BCUT2D eigenvalue weighted by Gasteiger charge is -2.12. The Labute approximate surface area is 162 Å².